The van der Waals surface area contributed by atoms with Crippen LogP contribution in [0.5, 0.6) is 5.75 Å². The van der Waals surface area contributed by atoms with E-state index in [0.29, 0.717) is 25.5 Å². The van der Waals surface area contributed by atoms with E-state index >= 15 is 0 Å². The van der Waals surface area contributed by atoms with Crippen molar-refractivity contribution >= 4 is 29.1 Å². The Morgan fingerprint density at radius 3 is 2.83 bits per heavy atom. The summed E-state index contributed by atoms with van der Waals surface area (Å²) in [6, 6.07) is 5.63. The largest absolute Gasteiger partial charge is 0.483 e. The molecule has 0 spiro atoms. The van der Waals surface area contributed by atoms with Gasteiger partial charge in [-0.3, -0.25) is 4.79 Å². The molecule has 8 heteroatoms. The van der Waals surface area contributed by atoms with Crippen LogP contribution in [0.4, 0.5) is 10.5 Å². The van der Waals surface area contributed by atoms with Crippen molar-refractivity contribution < 1.29 is 19.1 Å². The van der Waals surface area contributed by atoms with Crippen LogP contribution in [0.15, 0.2) is 29.4 Å². The molecule has 1 unspecified atom stereocenters. The number of amides is 2. The third kappa shape index (κ3) is 3.79. The lowest BCUT2D eigenvalue weighted by Gasteiger charge is -2.38. The number of fused-ring (bicyclic) bond motifs is 3. The summed E-state index contributed by atoms with van der Waals surface area (Å²) in [5.41, 5.74) is 5.08. The number of carbonyl (C=O) groups excluding carboxylic acids is 2. The van der Waals surface area contributed by atoms with E-state index in [4.69, 9.17) is 9.47 Å². The number of ether oxygens (including phenoxy) is 2. The lowest BCUT2D eigenvalue weighted by atomic mass is 9.98. The molecule has 8 nitrogen and oxygen atoms in total. The lowest BCUT2D eigenvalue weighted by Crippen LogP contribution is -2.55. The highest BCUT2D eigenvalue weighted by Gasteiger charge is 2.35. The second-order valence-corrected chi connectivity index (χ2v) is 8.43. The number of benzene rings is 1. The van der Waals surface area contributed by atoms with Crippen LogP contribution in [0.3, 0.4) is 0 Å². The Bertz CT molecular complexity index is 916. The van der Waals surface area contributed by atoms with E-state index in [1.165, 1.54) is 0 Å². The van der Waals surface area contributed by atoms with Gasteiger partial charge in [0.1, 0.15) is 24.0 Å². The Labute approximate surface area is 170 Å². The Kier molecular flexibility index (Phi) is 4.72. The van der Waals surface area contributed by atoms with Crippen molar-refractivity contribution in [3.8, 4) is 5.75 Å². The predicted octanol–water partition coefficient (Wildman–Crippen LogP) is 2.74. The van der Waals surface area contributed by atoms with Gasteiger partial charge in [-0.15, -0.1) is 0 Å². The Morgan fingerprint density at radius 1 is 1.34 bits per heavy atom. The molecule has 3 aliphatic heterocycles. The zero-order chi connectivity index (χ0) is 20.8. The normalized spacial score (nSPS) is 21.2. The van der Waals surface area contributed by atoms with Gasteiger partial charge < -0.3 is 19.3 Å². The third-order valence-corrected chi connectivity index (χ3v) is 5.15. The summed E-state index contributed by atoms with van der Waals surface area (Å²) < 4.78 is 11.3. The lowest BCUT2D eigenvalue weighted by molar-refractivity contribution is -0.122. The standard InChI is InChI=1S/C21H26N4O4/c1-13-19(26)23-22-18-12-28-17-6-5-15(11-16(17)25(13)18)14-7-9-24(10-8-14)20(27)29-21(2,3)4/h5-7,11,13H,8-10,12H2,1-4H3,(H,23,26). The molecule has 0 fully saturated rings. The van der Waals surface area contributed by atoms with Crippen molar-refractivity contribution in [2.75, 3.05) is 24.6 Å². The summed E-state index contributed by atoms with van der Waals surface area (Å²) in [6.07, 6.45) is 2.50. The number of hydrogen-bond donors (Lipinski definition) is 1. The number of anilines is 1. The second-order valence-electron chi connectivity index (χ2n) is 8.43. The van der Waals surface area contributed by atoms with Crippen LogP contribution < -0.4 is 15.1 Å². The molecule has 3 aliphatic rings. The van der Waals surface area contributed by atoms with Gasteiger partial charge in [-0.1, -0.05) is 12.1 Å². The van der Waals surface area contributed by atoms with E-state index in [9.17, 15) is 9.59 Å². The maximum absolute atomic E-state index is 12.3. The molecule has 0 saturated heterocycles. The minimum Gasteiger partial charge on any atom is -0.483 e. The summed E-state index contributed by atoms with van der Waals surface area (Å²) in [5.74, 6) is 1.29. The molecule has 1 aromatic rings. The molecule has 2 amide bonds. The SMILES string of the molecule is CC1C(=O)NN=C2COc3ccc(C4=CCN(C(=O)OC(C)(C)C)CC4)cc3N21. The average molecular weight is 398 g/mol. The zero-order valence-electron chi connectivity index (χ0n) is 17.2. The maximum Gasteiger partial charge on any atom is 0.410 e. The molecule has 0 aromatic heterocycles. The van der Waals surface area contributed by atoms with Crippen LogP contribution >= 0.6 is 0 Å². The van der Waals surface area contributed by atoms with Crippen molar-refractivity contribution in [1.82, 2.24) is 10.3 Å². The second kappa shape index (κ2) is 7.09. The number of carbonyl (C=O) groups is 2. The molecule has 154 valence electrons. The molecule has 1 atom stereocenters. The maximum atomic E-state index is 12.3. The Morgan fingerprint density at radius 2 is 2.14 bits per heavy atom. The average Bonchev–Trinajstić information content (AvgIpc) is 2.69. The van der Waals surface area contributed by atoms with Gasteiger partial charge >= 0.3 is 6.09 Å². The first-order chi connectivity index (χ1) is 13.7. The minimum atomic E-state index is -0.504. The number of hydrazone groups is 1. The number of rotatable bonds is 1. The van der Waals surface area contributed by atoms with Gasteiger partial charge in [-0.2, -0.15) is 5.10 Å². The smallest absolute Gasteiger partial charge is 0.410 e. The Hall–Kier alpha value is -3.03. The van der Waals surface area contributed by atoms with Crippen molar-refractivity contribution in [3.63, 3.8) is 0 Å². The van der Waals surface area contributed by atoms with E-state index in [1.54, 1.807) is 4.90 Å². The van der Waals surface area contributed by atoms with Crippen molar-refractivity contribution in [1.29, 1.82) is 0 Å². The number of nitrogens with zero attached hydrogens (tertiary/aromatic N) is 3. The molecule has 1 aromatic carbocycles. The zero-order valence-corrected chi connectivity index (χ0v) is 17.2. The molecule has 3 heterocycles. The number of amidine groups is 1. The van der Waals surface area contributed by atoms with Crippen LogP contribution in [0, 0.1) is 0 Å². The molecular formula is C21H26N4O4. The van der Waals surface area contributed by atoms with Gasteiger partial charge in [0.2, 0.25) is 0 Å². The predicted molar refractivity (Wildman–Crippen MR) is 110 cm³/mol. The molecule has 0 saturated carbocycles. The van der Waals surface area contributed by atoms with Crippen molar-refractivity contribution in [3.05, 3.63) is 29.8 Å². The Balaban J connectivity index is 1.56. The summed E-state index contributed by atoms with van der Waals surface area (Å²) in [6.45, 7) is 8.88. The van der Waals surface area contributed by atoms with E-state index in [-0.39, 0.29) is 18.0 Å². The van der Waals surface area contributed by atoms with Gasteiger partial charge in [0.15, 0.2) is 5.84 Å². The van der Waals surface area contributed by atoms with Crippen LogP contribution in [-0.2, 0) is 9.53 Å². The van der Waals surface area contributed by atoms with Gasteiger partial charge in [-0.25, -0.2) is 10.2 Å². The van der Waals surface area contributed by atoms with E-state index in [1.807, 2.05) is 50.8 Å². The molecule has 1 N–H and O–H groups in total. The van der Waals surface area contributed by atoms with Gasteiger partial charge in [0.05, 0.1) is 5.69 Å². The summed E-state index contributed by atoms with van der Waals surface area (Å²) in [7, 11) is 0. The first-order valence-corrected chi connectivity index (χ1v) is 9.83. The molecule has 4 rings (SSSR count). The van der Waals surface area contributed by atoms with E-state index < -0.39 is 5.60 Å². The van der Waals surface area contributed by atoms with E-state index in [0.717, 1.165) is 29.0 Å². The van der Waals surface area contributed by atoms with Gasteiger partial charge in [0, 0.05) is 13.1 Å². The monoisotopic (exact) mass is 398 g/mol. The summed E-state index contributed by atoms with van der Waals surface area (Å²) in [5, 5.41) is 4.13. The van der Waals surface area contributed by atoms with Crippen LogP contribution in [-0.4, -0.2) is 54.1 Å². The van der Waals surface area contributed by atoms with Crippen LogP contribution in [0.25, 0.3) is 5.57 Å². The first kappa shape index (κ1) is 19.3. The van der Waals surface area contributed by atoms with Crippen molar-refractivity contribution in [2.24, 2.45) is 5.10 Å². The molecule has 0 bridgehead atoms. The fourth-order valence-electron chi connectivity index (χ4n) is 3.65. The van der Waals surface area contributed by atoms with E-state index in [2.05, 4.69) is 16.6 Å². The summed E-state index contributed by atoms with van der Waals surface area (Å²) >= 11 is 0. The van der Waals surface area contributed by atoms with Gasteiger partial charge in [0.25, 0.3) is 5.91 Å². The highest BCUT2D eigenvalue weighted by molar-refractivity contribution is 6.09. The highest BCUT2D eigenvalue weighted by Crippen LogP contribution is 2.38. The molecule has 0 radical (unpaired) electrons. The molecule has 29 heavy (non-hydrogen) atoms. The quantitative estimate of drug-likeness (QED) is 0.786. The minimum absolute atomic E-state index is 0.142. The highest BCUT2D eigenvalue weighted by atomic mass is 16.6. The fourth-order valence-corrected chi connectivity index (χ4v) is 3.65. The van der Waals surface area contributed by atoms with Crippen LogP contribution in [0.2, 0.25) is 0 Å². The first-order valence-electron chi connectivity index (χ1n) is 9.83. The van der Waals surface area contributed by atoms with Gasteiger partial charge in [-0.05, 0) is 57.4 Å². The number of nitrogens with one attached hydrogen (secondary N) is 1. The topological polar surface area (TPSA) is 83.5 Å². The molecular weight excluding hydrogens is 372 g/mol. The molecule has 0 aliphatic carbocycles. The third-order valence-electron chi connectivity index (χ3n) is 5.15. The fraction of sp³-hybridized carbons (Fsp3) is 0.476. The summed E-state index contributed by atoms with van der Waals surface area (Å²) in [4.78, 5) is 28.0. The van der Waals surface area contributed by atoms with Crippen LogP contribution in [0.1, 0.15) is 39.7 Å². The number of hydrogen-bond acceptors (Lipinski definition) is 6. The van der Waals surface area contributed by atoms with Crippen molar-refractivity contribution in [2.45, 2.75) is 45.8 Å².